The highest BCUT2D eigenvalue weighted by molar-refractivity contribution is 6.31. The van der Waals surface area contributed by atoms with Crippen LogP contribution >= 0.6 is 11.6 Å². The summed E-state index contributed by atoms with van der Waals surface area (Å²) < 4.78 is 5.99. The molecule has 1 aliphatic rings. The Morgan fingerprint density at radius 3 is 2.49 bits per heavy atom. The minimum Gasteiger partial charge on any atom is -0.449 e. The van der Waals surface area contributed by atoms with E-state index >= 15 is 0 Å². The molecule has 0 atom stereocenters. The van der Waals surface area contributed by atoms with Gasteiger partial charge in [-0.05, 0) is 60.0 Å². The number of halogens is 1. The summed E-state index contributed by atoms with van der Waals surface area (Å²) in [7, 11) is 0. The maximum atomic E-state index is 13.5. The molecule has 1 N–H and O–H groups in total. The number of anilines is 1. The Bertz CT molecular complexity index is 1490. The predicted molar refractivity (Wildman–Crippen MR) is 146 cm³/mol. The lowest BCUT2D eigenvalue weighted by Crippen LogP contribution is -2.36. The van der Waals surface area contributed by atoms with E-state index in [1.807, 2.05) is 67.6 Å². The second-order valence-corrected chi connectivity index (χ2v) is 9.26. The number of nitrogens with one attached hydrogen (secondary N) is 1. The third-order valence-corrected chi connectivity index (χ3v) is 6.49. The highest BCUT2D eigenvalue weighted by Crippen LogP contribution is 2.36. The van der Waals surface area contributed by atoms with E-state index in [-0.39, 0.29) is 17.6 Å². The van der Waals surface area contributed by atoms with Crippen LogP contribution in [-0.2, 0) is 17.9 Å². The number of amides is 2. The van der Waals surface area contributed by atoms with Gasteiger partial charge in [0.2, 0.25) is 0 Å². The molecule has 1 heterocycles. The average Bonchev–Trinajstić information content (AvgIpc) is 2.91. The average molecular weight is 509 g/mol. The minimum atomic E-state index is -0.221. The Kier molecular flexibility index (Phi) is 7.06. The number of fused-ring (bicyclic) bond motifs is 1. The molecule has 184 valence electrons. The van der Waals surface area contributed by atoms with Crippen molar-refractivity contribution in [3.63, 3.8) is 0 Å². The number of rotatable bonds is 6. The molecule has 6 heteroatoms. The number of carbonyl (C=O) groups excluding carboxylic acids is 2. The van der Waals surface area contributed by atoms with Crippen LogP contribution in [-0.4, -0.2) is 11.8 Å². The number of hydrogen-bond acceptors (Lipinski definition) is 3. The maximum Gasteiger partial charge on any atom is 0.294 e. The van der Waals surface area contributed by atoms with Crippen LogP contribution in [0.2, 0.25) is 5.02 Å². The molecular formula is C31H25ClN2O3. The van der Waals surface area contributed by atoms with Crippen molar-refractivity contribution < 1.29 is 14.3 Å². The summed E-state index contributed by atoms with van der Waals surface area (Å²) in [6.45, 7) is 2.80. The number of nitrogens with zero attached hydrogens (tertiary/aromatic N) is 1. The second-order valence-electron chi connectivity index (χ2n) is 8.85. The van der Waals surface area contributed by atoms with Crippen molar-refractivity contribution in [1.82, 2.24) is 5.32 Å². The monoisotopic (exact) mass is 508 g/mol. The Morgan fingerprint density at radius 1 is 0.946 bits per heavy atom. The van der Waals surface area contributed by atoms with E-state index in [2.05, 4.69) is 11.4 Å². The molecule has 5 rings (SSSR count). The van der Waals surface area contributed by atoms with Gasteiger partial charge >= 0.3 is 0 Å². The fourth-order valence-electron chi connectivity index (χ4n) is 4.21. The standard InChI is InChI=1S/C31H25ClN2O3/c1-21-7-6-8-23(17-21)20-34-27-11-4-5-12-28(27)37-29(31(34)36)18-22-13-15-24(16-14-22)30(35)33-19-25-9-2-3-10-26(25)32/h2-18H,19-20H2,1H3,(H,33,35). The van der Waals surface area contributed by atoms with Gasteiger partial charge in [-0.25, -0.2) is 0 Å². The molecule has 4 aromatic rings. The van der Waals surface area contributed by atoms with E-state index in [9.17, 15) is 9.59 Å². The molecule has 0 radical (unpaired) electrons. The molecule has 0 spiro atoms. The SMILES string of the molecule is Cc1cccc(CN2C(=O)C(=Cc3ccc(C(=O)NCc4ccccc4Cl)cc3)Oc3ccccc32)c1. The lowest BCUT2D eigenvalue weighted by atomic mass is 10.1. The highest BCUT2D eigenvalue weighted by atomic mass is 35.5. The number of ether oxygens (including phenoxy) is 1. The molecule has 0 saturated carbocycles. The molecule has 37 heavy (non-hydrogen) atoms. The number of benzene rings is 4. The second kappa shape index (κ2) is 10.7. The van der Waals surface area contributed by atoms with Crippen LogP contribution in [0.15, 0.2) is 103 Å². The van der Waals surface area contributed by atoms with E-state index in [0.29, 0.717) is 29.4 Å². The zero-order chi connectivity index (χ0) is 25.8. The highest BCUT2D eigenvalue weighted by Gasteiger charge is 2.30. The van der Waals surface area contributed by atoms with Gasteiger partial charge in [-0.3, -0.25) is 14.5 Å². The van der Waals surface area contributed by atoms with Crippen LogP contribution in [0.1, 0.15) is 32.6 Å². The Balaban J connectivity index is 1.34. The summed E-state index contributed by atoms with van der Waals surface area (Å²) in [5.74, 6) is 0.419. The van der Waals surface area contributed by atoms with E-state index in [0.717, 1.165) is 27.9 Å². The summed E-state index contributed by atoms with van der Waals surface area (Å²) in [6, 6.07) is 30.0. The van der Waals surface area contributed by atoms with Crippen molar-refractivity contribution in [1.29, 1.82) is 0 Å². The van der Waals surface area contributed by atoms with Gasteiger partial charge < -0.3 is 10.1 Å². The molecule has 2 amide bonds. The molecule has 4 aromatic carbocycles. The van der Waals surface area contributed by atoms with Gasteiger partial charge in [0.15, 0.2) is 11.5 Å². The first-order valence-corrected chi connectivity index (χ1v) is 12.3. The lowest BCUT2D eigenvalue weighted by Gasteiger charge is -2.30. The van der Waals surface area contributed by atoms with Gasteiger partial charge in [-0.1, -0.05) is 83.9 Å². The van der Waals surface area contributed by atoms with E-state index in [4.69, 9.17) is 16.3 Å². The zero-order valence-corrected chi connectivity index (χ0v) is 21.0. The van der Waals surface area contributed by atoms with Crippen LogP contribution in [0.25, 0.3) is 6.08 Å². The van der Waals surface area contributed by atoms with Gasteiger partial charge in [0.05, 0.1) is 12.2 Å². The van der Waals surface area contributed by atoms with Crippen LogP contribution in [0.3, 0.4) is 0 Å². The van der Waals surface area contributed by atoms with Crippen molar-refractivity contribution in [2.24, 2.45) is 0 Å². The van der Waals surface area contributed by atoms with Crippen molar-refractivity contribution in [3.8, 4) is 5.75 Å². The fourth-order valence-corrected chi connectivity index (χ4v) is 4.42. The molecular weight excluding hydrogens is 484 g/mol. The first-order valence-electron chi connectivity index (χ1n) is 12.0. The summed E-state index contributed by atoms with van der Waals surface area (Å²) >= 11 is 6.17. The van der Waals surface area contributed by atoms with E-state index in [1.54, 1.807) is 41.3 Å². The lowest BCUT2D eigenvalue weighted by molar-refractivity contribution is -0.117. The minimum absolute atomic E-state index is 0.206. The maximum absolute atomic E-state index is 13.5. The van der Waals surface area contributed by atoms with Crippen molar-refractivity contribution in [2.75, 3.05) is 4.90 Å². The molecule has 0 aromatic heterocycles. The van der Waals surface area contributed by atoms with Gasteiger partial charge in [0.25, 0.3) is 11.8 Å². The van der Waals surface area contributed by atoms with Gasteiger partial charge in [0, 0.05) is 17.1 Å². The molecule has 5 nitrogen and oxygen atoms in total. The van der Waals surface area contributed by atoms with Crippen molar-refractivity contribution >= 4 is 35.2 Å². The first-order chi connectivity index (χ1) is 18.0. The molecule has 0 saturated heterocycles. The third-order valence-electron chi connectivity index (χ3n) is 6.12. The molecule has 0 aliphatic carbocycles. The zero-order valence-electron chi connectivity index (χ0n) is 20.3. The molecule has 1 aliphatic heterocycles. The Labute approximate surface area is 221 Å². The molecule has 0 bridgehead atoms. The molecule has 0 fully saturated rings. The summed E-state index contributed by atoms with van der Waals surface area (Å²) in [5.41, 5.74) is 5.02. The van der Waals surface area contributed by atoms with Crippen LogP contribution in [0.4, 0.5) is 5.69 Å². The number of aryl methyl sites for hydroxylation is 1. The van der Waals surface area contributed by atoms with Crippen molar-refractivity contribution in [2.45, 2.75) is 20.0 Å². The summed E-state index contributed by atoms with van der Waals surface area (Å²) in [4.78, 5) is 27.8. The number of para-hydroxylation sites is 2. The van der Waals surface area contributed by atoms with Crippen LogP contribution in [0, 0.1) is 6.92 Å². The quantitative estimate of drug-likeness (QED) is 0.301. The van der Waals surface area contributed by atoms with Crippen molar-refractivity contribution in [3.05, 3.63) is 136 Å². The molecule has 0 unspecified atom stereocenters. The Morgan fingerprint density at radius 2 is 1.70 bits per heavy atom. The summed E-state index contributed by atoms with van der Waals surface area (Å²) in [6.07, 6.45) is 1.70. The van der Waals surface area contributed by atoms with E-state index in [1.165, 1.54) is 0 Å². The third kappa shape index (κ3) is 5.57. The fraction of sp³-hybridized carbons (Fsp3) is 0.0968. The number of hydrogen-bond donors (Lipinski definition) is 1. The largest absolute Gasteiger partial charge is 0.449 e. The van der Waals surface area contributed by atoms with Crippen LogP contribution < -0.4 is 15.0 Å². The Hall–Kier alpha value is -4.35. The van der Waals surface area contributed by atoms with Gasteiger partial charge in [-0.15, -0.1) is 0 Å². The summed E-state index contributed by atoms with van der Waals surface area (Å²) in [5, 5.41) is 3.49. The van der Waals surface area contributed by atoms with E-state index < -0.39 is 0 Å². The van der Waals surface area contributed by atoms with Crippen LogP contribution in [0.5, 0.6) is 5.75 Å². The smallest absolute Gasteiger partial charge is 0.294 e. The predicted octanol–water partition coefficient (Wildman–Crippen LogP) is 6.55. The first kappa shape index (κ1) is 24.3. The van der Waals surface area contributed by atoms with Gasteiger partial charge in [0.1, 0.15) is 0 Å². The normalized spacial score (nSPS) is 13.7. The van der Waals surface area contributed by atoms with Gasteiger partial charge in [-0.2, -0.15) is 0 Å². The topological polar surface area (TPSA) is 58.6 Å². The number of carbonyl (C=O) groups is 2.